The van der Waals surface area contributed by atoms with Crippen molar-refractivity contribution >= 4 is 88.6 Å². The lowest BCUT2D eigenvalue weighted by molar-refractivity contribution is 0.669. The fourth-order valence-electron chi connectivity index (χ4n) is 9.64. The average Bonchev–Trinajstić information content (AvgIpc) is 3.92. The predicted molar refractivity (Wildman–Crippen MR) is 259 cm³/mol. The second kappa shape index (κ2) is 13.6. The van der Waals surface area contributed by atoms with Crippen LogP contribution in [-0.4, -0.2) is 4.57 Å². The summed E-state index contributed by atoms with van der Waals surface area (Å²) in [5.74, 6) is 0. The molecule has 10 aromatic carbocycles. The maximum absolute atomic E-state index is 8.99. The van der Waals surface area contributed by atoms with Crippen LogP contribution in [0.5, 0.6) is 0 Å². The summed E-state index contributed by atoms with van der Waals surface area (Å²) in [6, 6.07) is 65.7. The summed E-state index contributed by atoms with van der Waals surface area (Å²) in [6.07, 6.45) is 0. The van der Waals surface area contributed by atoms with Gasteiger partial charge in [0.15, 0.2) is 0 Å². The molecular weight excluding hydrogens is 755 g/mol. The zero-order valence-corrected chi connectivity index (χ0v) is 33.2. The fourth-order valence-corrected chi connectivity index (χ4v) is 9.64. The number of nitrogens with zero attached hydrogens (tertiary/aromatic N) is 3. The number of aromatic nitrogens is 1. The number of hydrogen-bond donors (Lipinski definition) is 0. The van der Waals surface area contributed by atoms with Crippen molar-refractivity contribution in [2.45, 2.75) is 0 Å². The zero-order chi connectivity index (χ0) is 45.1. The van der Waals surface area contributed by atoms with Gasteiger partial charge in [-0.25, -0.2) is 0 Å². The van der Waals surface area contributed by atoms with Crippen LogP contribution < -0.4 is 9.80 Å². The van der Waals surface area contributed by atoms with Gasteiger partial charge in [0.25, 0.3) is 0 Å². The van der Waals surface area contributed by atoms with E-state index in [1.165, 1.54) is 10.8 Å². The molecule has 4 nitrogen and oxygen atoms in total. The molecule has 62 heavy (non-hydrogen) atoms. The highest BCUT2D eigenvalue weighted by atomic mass is 16.3. The molecule has 0 bridgehead atoms. The van der Waals surface area contributed by atoms with Gasteiger partial charge in [-0.05, 0) is 125 Å². The first kappa shape index (κ1) is 29.8. The molecule has 290 valence electrons. The molecule has 0 amide bonds. The zero-order valence-electron chi connectivity index (χ0n) is 38.2. The quantitative estimate of drug-likeness (QED) is 0.168. The standard InChI is InChI=1S/C58H37N3O/c1-2-14-41(15-3-1)61-54-34-26-40(36-50(54)49-19-10-12-39-13-11-22-55(61)58(39)49)38-24-27-42(28-25-38)59(45-33-35-57-51(37-45)48-18-6-9-23-56(48)62-57)43-29-31-44(32-30-43)60-52-20-7-4-16-46(52)47-17-5-8-21-53(47)60/h1-37H/i1D,2D,3D,14D,15D. The van der Waals surface area contributed by atoms with Crippen molar-refractivity contribution < 1.29 is 11.3 Å². The van der Waals surface area contributed by atoms with Crippen molar-refractivity contribution in [3.63, 3.8) is 0 Å². The molecular formula is C58H37N3O. The molecule has 4 heteroatoms. The summed E-state index contributed by atoms with van der Waals surface area (Å²) in [5, 5.41) is 6.50. The Morgan fingerprint density at radius 1 is 0.419 bits per heavy atom. The summed E-state index contributed by atoms with van der Waals surface area (Å²) in [6.45, 7) is 0. The van der Waals surface area contributed by atoms with Crippen LogP contribution in [0.15, 0.2) is 229 Å². The van der Waals surface area contributed by atoms with Crippen LogP contribution >= 0.6 is 0 Å². The van der Waals surface area contributed by atoms with Crippen LogP contribution in [0.4, 0.5) is 34.1 Å². The van der Waals surface area contributed by atoms with Gasteiger partial charge in [0.05, 0.1) is 29.3 Å². The summed E-state index contributed by atoms with van der Waals surface area (Å²) in [4.78, 5) is 4.12. The first-order valence-electron chi connectivity index (χ1n) is 23.3. The van der Waals surface area contributed by atoms with E-state index in [9.17, 15) is 0 Å². The molecule has 0 fully saturated rings. The number of hydrogen-bond acceptors (Lipinski definition) is 3. The smallest absolute Gasteiger partial charge is 0.135 e. The SMILES string of the molecule is [2H]c1c([2H])c([2H])c(N2c3ccc(-c4ccc(N(c5ccc(-n6c7ccccc7c7ccccc76)cc5)c5ccc6oc7ccccc7c6c5)cc4)cc3-c3cccc4cccc2c34)c([2H])c1[2H]. The third kappa shape index (κ3) is 5.27. The second-order valence-corrected chi connectivity index (χ2v) is 15.8. The first-order valence-corrected chi connectivity index (χ1v) is 20.8. The summed E-state index contributed by atoms with van der Waals surface area (Å²) in [7, 11) is 0. The van der Waals surface area contributed by atoms with Gasteiger partial charge in [0, 0.05) is 60.9 Å². The lowest BCUT2D eigenvalue weighted by Crippen LogP contribution is -2.15. The van der Waals surface area contributed by atoms with Crippen LogP contribution in [0, 0.1) is 0 Å². The Morgan fingerprint density at radius 2 is 1.05 bits per heavy atom. The Hall–Kier alpha value is -8.34. The molecule has 0 N–H and O–H groups in total. The Balaban J connectivity index is 0.937. The Kier molecular flexibility index (Phi) is 6.54. The summed E-state index contributed by atoms with van der Waals surface area (Å²) in [5.41, 5.74) is 13.6. The minimum atomic E-state index is -0.418. The minimum Gasteiger partial charge on any atom is -0.456 e. The van der Waals surface area contributed by atoms with Crippen molar-refractivity contribution in [2.75, 3.05) is 9.80 Å². The number of benzene rings is 10. The van der Waals surface area contributed by atoms with Crippen LogP contribution in [0.25, 0.3) is 82.5 Å². The van der Waals surface area contributed by atoms with Crippen molar-refractivity contribution in [3.8, 4) is 27.9 Å². The van der Waals surface area contributed by atoms with Crippen LogP contribution in [0.2, 0.25) is 0 Å². The van der Waals surface area contributed by atoms with Gasteiger partial charge in [-0.3, -0.25) is 0 Å². The van der Waals surface area contributed by atoms with E-state index < -0.39 is 6.04 Å². The molecule has 0 saturated carbocycles. The third-order valence-corrected chi connectivity index (χ3v) is 12.4. The van der Waals surface area contributed by atoms with Crippen molar-refractivity contribution in [1.29, 1.82) is 0 Å². The van der Waals surface area contributed by atoms with Crippen molar-refractivity contribution in [2.24, 2.45) is 0 Å². The molecule has 1 aliphatic heterocycles. The fraction of sp³-hybridized carbons (Fsp3) is 0. The van der Waals surface area contributed by atoms with E-state index >= 15 is 0 Å². The summed E-state index contributed by atoms with van der Waals surface area (Å²) >= 11 is 0. The molecule has 0 radical (unpaired) electrons. The Morgan fingerprint density at radius 3 is 1.81 bits per heavy atom. The number of rotatable bonds is 6. The molecule has 1 aliphatic rings. The number of fused-ring (bicyclic) bond motifs is 8. The van der Waals surface area contributed by atoms with Gasteiger partial charge in [0.2, 0.25) is 0 Å². The monoisotopic (exact) mass is 796 g/mol. The Labute approximate surface area is 365 Å². The lowest BCUT2D eigenvalue weighted by atomic mass is 9.89. The maximum Gasteiger partial charge on any atom is 0.135 e. The van der Waals surface area contributed by atoms with Crippen LogP contribution in [0.3, 0.4) is 0 Å². The second-order valence-electron chi connectivity index (χ2n) is 15.8. The topological polar surface area (TPSA) is 24.6 Å². The third-order valence-electron chi connectivity index (χ3n) is 12.4. The van der Waals surface area contributed by atoms with Gasteiger partial charge >= 0.3 is 0 Å². The number of para-hydroxylation sites is 4. The summed E-state index contributed by atoms with van der Waals surface area (Å²) < 4.78 is 52.0. The molecule has 2 aromatic heterocycles. The number of furan rings is 1. The highest BCUT2D eigenvalue weighted by molar-refractivity contribution is 6.14. The number of anilines is 6. The highest BCUT2D eigenvalue weighted by Crippen LogP contribution is 2.52. The molecule has 0 atom stereocenters. The van der Waals surface area contributed by atoms with Crippen molar-refractivity contribution in [1.82, 2.24) is 4.57 Å². The molecule has 0 saturated heterocycles. The van der Waals surface area contributed by atoms with E-state index in [4.69, 9.17) is 11.3 Å². The van der Waals surface area contributed by atoms with Gasteiger partial charge in [-0.2, -0.15) is 0 Å². The average molecular weight is 797 g/mol. The predicted octanol–water partition coefficient (Wildman–Crippen LogP) is 16.4. The van der Waals surface area contributed by atoms with Gasteiger partial charge < -0.3 is 18.8 Å². The van der Waals surface area contributed by atoms with E-state index in [1.54, 1.807) is 0 Å². The largest absolute Gasteiger partial charge is 0.456 e. The molecule has 0 unspecified atom stereocenters. The molecule has 0 spiro atoms. The minimum absolute atomic E-state index is 0.121. The van der Waals surface area contributed by atoms with E-state index in [0.717, 1.165) is 100 Å². The Bertz CT molecular complexity index is 3920. The van der Waals surface area contributed by atoms with E-state index in [2.05, 4.69) is 143 Å². The van der Waals surface area contributed by atoms with E-state index in [-0.39, 0.29) is 29.9 Å². The van der Waals surface area contributed by atoms with Crippen LogP contribution in [0.1, 0.15) is 6.85 Å². The van der Waals surface area contributed by atoms with Gasteiger partial charge in [-0.1, -0.05) is 121 Å². The molecule has 12 aromatic rings. The van der Waals surface area contributed by atoms with Crippen molar-refractivity contribution in [3.05, 3.63) is 224 Å². The van der Waals surface area contributed by atoms with Gasteiger partial charge in [0.1, 0.15) is 11.2 Å². The molecule has 0 aliphatic carbocycles. The van der Waals surface area contributed by atoms with E-state index in [0.29, 0.717) is 0 Å². The maximum atomic E-state index is 8.99. The lowest BCUT2D eigenvalue weighted by Gasteiger charge is -2.33. The first-order chi connectivity index (χ1) is 32.8. The molecule has 13 rings (SSSR count). The molecule has 3 heterocycles. The van der Waals surface area contributed by atoms with Gasteiger partial charge in [-0.15, -0.1) is 0 Å². The van der Waals surface area contributed by atoms with Crippen LogP contribution in [-0.2, 0) is 0 Å². The highest BCUT2D eigenvalue weighted by Gasteiger charge is 2.26. The van der Waals surface area contributed by atoms with E-state index in [1.807, 2.05) is 65.6 Å². The normalized spacial score (nSPS) is 13.3.